The van der Waals surface area contributed by atoms with Crippen molar-refractivity contribution in [1.82, 2.24) is 0 Å². The molecule has 5 nitrogen and oxygen atoms in total. The van der Waals surface area contributed by atoms with Crippen molar-refractivity contribution in [2.24, 2.45) is 0 Å². The molecule has 2 N–H and O–H groups in total. The SMILES string of the molecule is Nc1ccc(OCCc2ccccc2)cc1[N+](=O)[O-]. The van der Waals surface area contributed by atoms with Crippen molar-refractivity contribution >= 4 is 11.4 Å². The van der Waals surface area contributed by atoms with Crippen molar-refractivity contribution in [1.29, 1.82) is 0 Å². The topological polar surface area (TPSA) is 78.4 Å². The highest BCUT2D eigenvalue weighted by atomic mass is 16.6. The van der Waals surface area contributed by atoms with Crippen LogP contribution < -0.4 is 10.5 Å². The molecule has 0 atom stereocenters. The number of anilines is 1. The lowest BCUT2D eigenvalue weighted by molar-refractivity contribution is -0.384. The van der Waals surface area contributed by atoms with E-state index < -0.39 is 4.92 Å². The lowest BCUT2D eigenvalue weighted by atomic mass is 10.2. The third kappa shape index (κ3) is 3.45. The summed E-state index contributed by atoms with van der Waals surface area (Å²) in [6, 6.07) is 14.4. The minimum Gasteiger partial charge on any atom is -0.493 e. The molecule has 0 saturated carbocycles. The van der Waals surface area contributed by atoms with Crippen LogP contribution in [0.3, 0.4) is 0 Å². The summed E-state index contributed by atoms with van der Waals surface area (Å²) in [7, 11) is 0. The Kier molecular flexibility index (Phi) is 3.97. The van der Waals surface area contributed by atoms with Crippen molar-refractivity contribution in [3.05, 3.63) is 64.2 Å². The number of hydrogen-bond donors (Lipinski definition) is 1. The molecule has 0 heterocycles. The number of benzene rings is 2. The summed E-state index contributed by atoms with van der Waals surface area (Å²) in [5, 5.41) is 10.7. The smallest absolute Gasteiger partial charge is 0.295 e. The quantitative estimate of drug-likeness (QED) is 0.508. The predicted molar refractivity (Wildman–Crippen MR) is 73.1 cm³/mol. The molecule has 0 fully saturated rings. The van der Waals surface area contributed by atoms with Gasteiger partial charge >= 0.3 is 0 Å². The second kappa shape index (κ2) is 5.86. The average molecular weight is 258 g/mol. The minimum atomic E-state index is -0.514. The van der Waals surface area contributed by atoms with Gasteiger partial charge in [-0.05, 0) is 17.7 Å². The molecule has 19 heavy (non-hydrogen) atoms. The van der Waals surface area contributed by atoms with E-state index in [1.807, 2.05) is 30.3 Å². The van der Waals surface area contributed by atoms with Crippen molar-refractivity contribution in [2.45, 2.75) is 6.42 Å². The molecule has 0 saturated heterocycles. The molecule has 2 aromatic carbocycles. The third-order valence-electron chi connectivity index (χ3n) is 2.70. The Morgan fingerprint density at radius 1 is 1.16 bits per heavy atom. The van der Waals surface area contributed by atoms with Crippen LogP contribution in [0.5, 0.6) is 5.75 Å². The van der Waals surface area contributed by atoms with Crippen LogP contribution in [0.1, 0.15) is 5.56 Å². The summed E-state index contributed by atoms with van der Waals surface area (Å²) in [4.78, 5) is 10.2. The fourth-order valence-electron chi connectivity index (χ4n) is 1.70. The summed E-state index contributed by atoms with van der Waals surface area (Å²) >= 11 is 0. The van der Waals surface area contributed by atoms with E-state index in [1.165, 1.54) is 12.1 Å². The van der Waals surface area contributed by atoms with Gasteiger partial charge in [0.05, 0.1) is 17.6 Å². The van der Waals surface area contributed by atoms with Gasteiger partial charge in [-0.25, -0.2) is 0 Å². The van der Waals surface area contributed by atoms with Crippen LogP contribution in [0, 0.1) is 10.1 Å². The maximum Gasteiger partial charge on any atom is 0.295 e. The molecule has 98 valence electrons. The van der Waals surface area contributed by atoms with Crippen molar-refractivity contribution in [2.75, 3.05) is 12.3 Å². The number of rotatable bonds is 5. The van der Waals surface area contributed by atoms with Gasteiger partial charge in [0, 0.05) is 6.42 Å². The zero-order valence-corrected chi connectivity index (χ0v) is 10.3. The van der Waals surface area contributed by atoms with Gasteiger partial charge in [0.15, 0.2) is 0 Å². The van der Waals surface area contributed by atoms with E-state index >= 15 is 0 Å². The summed E-state index contributed by atoms with van der Waals surface area (Å²) in [5.41, 5.74) is 6.68. The van der Waals surface area contributed by atoms with E-state index in [1.54, 1.807) is 6.07 Å². The standard InChI is InChI=1S/C14H14N2O3/c15-13-7-6-12(10-14(13)16(17)18)19-9-8-11-4-2-1-3-5-11/h1-7,10H,8-9,15H2. The molecule has 2 rings (SSSR count). The summed E-state index contributed by atoms with van der Waals surface area (Å²) in [6.45, 7) is 0.463. The molecule has 0 aliphatic heterocycles. The lowest BCUT2D eigenvalue weighted by Gasteiger charge is -2.06. The number of nitrogen functional groups attached to an aromatic ring is 1. The van der Waals surface area contributed by atoms with Crippen molar-refractivity contribution in [3.8, 4) is 5.75 Å². The first-order chi connectivity index (χ1) is 9.16. The predicted octanol–water partition coefficient (Wildman–Crippen LogP) is 2.80. The first kappa shape index (κ1) is 12.9. The average Bonchev–Trinajstić information content (AvgIpc) is 2.41. The molecule has 0 aliphatic rings. The van der Waals surface area contributed by atoms with Crippen LogP contribution in [0.15, 0.2) is 48.5 Å². The zero-order chi connectivity index (χ0) is 13.7. The van der Waals surface area contributed by atoms with Crippen molar-refractivity contribution < 1.29 is 9.66 Å². The Morgan fingerprint density at radius 3 is 2.58 bits per heavy atom. The fourth-order valence-corrected chi connectivity index (χ4v) is 1.70. The van der Waals surface area contributed by atoms with Crippen LogP contribution in [-0.2, 0) is 6.42 Å². The molecule has 0 radical (unpaired) electrons. The second-order valence-corrected chi connectivity index (χ2v) is 4.06. The number of hydrogen-bond acceptors (Lipinski definition) is 4. The van der Waals surface area contributed by atoms with Crippen LogP contribution >= 0.6 is 0 Å². The maximum atomic E-state index is 10.7. The Hall–Kier alpha value is -2.56. The number of nitro groups is 1. The van der Waals surface area contributed by atoms with E-state index in [2.05, 4.69) is 0 Å². The van der Waals surface area contributed by atoms with E-state index in [4.69, 9.17) is 10.5 Å². The molecule has 5 heteroatoms. The highest BCUT2D eigenvalue weighted by Crippen LogP contribution is 2.26. The van der Waals surface area contributed by atoms with Gasteiger partial charge in [-0.15, -0.1) is 0 Å². The van der Waals surface area contributed by atoms with Gasteiger partial charge in [0.2, 0.25) is 0 Å². The second-order valence-electron chi connectivity index (χ2n) is 4.06. The van der Waals surface area contributed by atoms with Crippen LogP contribution in [0.4, 0.5) is 11.4 Å². The lowest BCUT2D eigenvalue weighted by Crippen LogP contribution is -2.02. The highest BCUT2D eigenvalue weighted by molar-refractivity contribution is 5.60. The van der Waals surface area contributed by atoms with Crippen LogP contribution in [0.2, 0.25) is 0 Å². The summed E-state index contributed by atoms with van der Waals surface area (Å²) < 4.78 is 5.50. The molecule has 0 spiro atoms. The summed E-state index contributed by atoms with van der Waals surface area (Å²) in [5.74, 6) is 0.455. The molecule has 0 aromatic heterocycles. The van der Waals surface area contributed by atoms with Gasteiger partial charge in [-0.2, -0.15) is 0 Å². The fraction of sp³-hybridized carbons (Fsp3) is 0.143. The normalized spacial score (nSPS) is 10.1. The molecule has 0 aliphatic carbocycles. The first-order valence-corrected chi connectivity index (χ1v) is 5.87. The Morgan fingerprint density at radius 2 is 1.89 bits per heavy atom. The Balaban J connectivity index is 1.97. The number of nitrogens with two attached hydrogens (primary N) is 1. The van der Waals surface area contributed by atoms with Crippen molar-refractivity contribution in [3.63, 3.8) is 0 Å². The monoisotopic (exact) mass is 258 g/mol. The molecule has 0 amide bonds. The van der Waals surface area contributed by atoms with Crippen LogP contribution in [-0.4, -0.2) is 11.5 Å². The Bertz CT molecular complexity index is 570. The highest BCUT2D eigenvalue weighted by Gasteiger charge is 2.12. The van der Waals surface area contributed by atoms with E-state index in [9.17, 15) is 10.1 Å². The minimum absolute atomic E-state index is 0.128. The maximum absolute atomic E-state index is 10.7. The number of nitrogens with zero attached hydrogens (tertiary/aromatic N) is 1. The van der Waals surface area contributed by atoms with Gasteiger partial charge < -0.3 is 10.5 Å². The van der Waals surface area contributed by atoms with Gasteiger partial charge in [-0.1, -0.05) is 30.3 Å². The molecular weight excluding hydrogens is 244 g/mol. The summed E-state index contributed by atoms with van der Waals surface area (Å²) in [6.07, 6.45) is 0.749. The van der Waals surface area contributed by atoms with E-state index in [0.29, 0.717) is 12.4 Å². The van der Waals surface area contributed by atoms with Gasteiger partial charge in [0.1, 0.15) is 11.4 Å². The zero-order valence-electron chi connectivity index (χ0n) is 10.3. The molecule has 0 bridgehead atoms. The number of nitro benzene ring substituents is 1. The van der Waals surface area contributed by atoms with Crippen LogP contribution in [0.25, 0.3) is 0 Å². The molecular formula is C14H14N2O3. The third-order valence-corrected chi connectivity index (χ3v) is 2.70. The van der Waals surface area contributed by atoms with E-state index in [-0.39, 0.29) is 11.4 Å². The molecule has 0 unspecified atom stereocenters. The largest absolute Gasteiger partial charge is 0.493 e. The molecule has 2 aromatic rings. The van der Waals surface area contributed by atoms with Gasteiger partial charge in [0.25, 0.3) is 5.69 Å². The number of ether oxygens (including phenoxy) is 1. The first-order valence-electron chi connectivity index (χ1n) is 5.87. The Labute approximate surface area is 110 Å². The van der Waals surface area contributed by atoms with Gasteiger partial charge in [-0.3, -0.25) is 10.1 Å². The van der Waals surface area contributed by atoms with E-state index in [0.717, 1.165) is 12.0 Å².